The Kier molecular flexibility index (Phi) is 30.2. The SMILES string of the molecule is CC[C@H](C)[C@H](NC(=O)CNC(=O)[C@H](C)NC(=O)[C@H](C)NC(=O)[C@H](Cc1c[nH]c2ccccc12)NC(=O)[C@H](CS)NC(=O)[C@H](C)N)C(=O)N[C@@H](CCCCN)C(=O)N[C@@H](CCC(N)=O)C(=O)N[C@@H](CCC(=O)O)C(=O)N[C@@H](Cc1ccccc1)C(N)=O. The molecule has 29 nitrogen and oxygen atoms in total. The van der Waals surface area contributed by atoms with E-state index in [2.05, 4.69) is 70.8 Å². The first-order valence-electron chi connectivity index (χ1n) is 28.1. The van der Waals surface area contributed by atoms with Gasteiger partial charge in [-0.3, -0.25) is 62.3 Å². The van der Waals surface area contributed by atoms with Crippen LogP contribution in [0.1, 0.15) is 97.1 Å². The number of aliphatic carboxylic acids is 1. The normalized spacial score (nSPS) is 14.9. The molecule has 2 aromatic carbocycles. The molecule has 0 fully saturated rings. The van der Waals surface area contributed by atoms with E-state index in [1.54, 1.807) is 56.4 Å². The van der Waals surface area contributed by atoms with Crippen LogP contribution in [0.25, 0.3) is 10.9 Å². The number of aromatic amines is 1. The zero-order chi connectivity index (χ0) is 64.2. The number of primary amides is 2. The first-order chi connectivity index (χ1) is 40.7. The molecule has 0 aliphatic rings. The number of aromatic nitrogens is 1. The Morgan fingerprint density at radius 3 is 1.64 bits per heavy atom. The van der Waals surface area contributed by atoms with Gasteiger partial charge < -0.3 is 86.2 Å². The molecule has 86 heavy (non-hydrogen) atoms. The molecule has 11 atom stereocenters. The number of fused-ring (bicyclic) bond motifs is 1. The Hall–Kier alpha value is -8.64. The Labute approximate surface area is 503 Å². The van der Waals surface area contributed by atoms with Crippen LogP contribution < -0.4 is 76.1 Å². The summed E-state index contributed by atoms with van der Waals surface area (Å²) in [5.74, 6) is -12.3. The van der Waals surface area contributed by atoms with Crippen molar-refractivity contribution in [2.75, 3.05) is 18.8 Å². The molecule has 472 valence electrons. The molecule has 20 N–H and O–H groups in total. The van der Waals surface area contributed by atoms with E-state index in [4.69, 9.17) is 22.9 Å². The molecule has 0 bridgehead atoms. The number of thiol groups is 1. The van der Waals surface area contributed by atoms with Crippen LogP contribution in [0, 0.1) is 5.92 Å². The van der Waals surface area contributed by atoms with Crippen molar-refractivity contribution in [1.82, 2.24) is 58.2 Å². The predicted octanol–water partition coefficient (Wildman–Crippen LogP) is -3.46. The van der Waals surface area contributed by atoms with Crippen molar-refractivity contribution in [3.63, 3.8) is 0 Å². The summed E-state index contributed by atoms with van der Waals surface area (Å²) in [5, 5.41) is 35.3. The third kappa shape index (κ3) is 24.1. The van der Waals surface area contributed by atoms with E-state index < -0.39 is 175 Å². The van der Waals surface area contributed by atoms with Crippen LogP contribution in [0.5, 0.6) is 0 Å². The first kappa shape index (κ1) is 71.6. The summed E-state index contributed by atoms with van der Waals surface area (Å²) in [6.07, 6.45) is 0.567. The molecule has 0 saturated carbocycles. The number of carboxylic acid groups (broad SMARTS) is 1. The summed E-state index contributed by atoms with van der Waals surface area (Å²) in [6, 6.07) is 2.59. The molecule has 30 heteroatoms. The topological polar surface area (TPSA) is 482 Å². The smallest absolute Gasteiger partial charge is 0.303 e. The summed E-state index contributed by atoms with van der Waals surface area (Å²) in [5.41, 5.74) is 24.4. The van der Waals surface area contributed by atoms with Crippen molar-refractivity contribution in [1.29, 1.82) is 0 Å². The number of carbonyl (C=O) groups is 13. The predicted molar refractivity (Wildman–Crippen MR) is 318 cm³/mol. The third-order valence-electron chi connectivity index (χ3n) is 13.8. The number of para-hydroxylation sites is 1. The Bertz CT molecular complexity index is 2860. The number of amides is 12. The molecule has 3 rings (SSSR count). The summed E-state index contributed by atoms with van der Waals surface area (Å²) >= 11 is 4.18. The van der Waals surface area contributed by atoms with Gasteiger partial charge in [-0.2, -0.15) is 12.6 Å². The monoisotopic (exact) mass is 1220 g/mol. The van der Waals surface area contributed by atoms with Crippen LogP contribution in [0.4, 0.5) is 0 Å². The maximum absolute atomic E-state index is 14.1. The third-order valence-corrected chi connectivity index (χ3v) is 14.2. The average molecular weight is 1220 g/mol. The quantitative estimate of drug-likeness (QED) is 0.0196. The fourth-order valence-corrected chi connectivity index (χ4v) is 8.79. The molecule has 0 spiro atoms. The van der Waals surface area contributed by atoms with E-state index in [0.717, 1.165) is 10.9 Å². The molecule has 0 aliphatic carbocycles. The maximum atomic E-state index is 14.1. The first-order valence-corrected chi connectivity index (χ1v) is 28.8. The second-order valence-electron chi connectivity index (χ2n) is 20.8. The minimum absolute atomic E-state index is 0.0394. The number of unbranched alkanes of at least 4 members (excludes halogenated alkanes) is 1. The van der Waals surface area contributed by atoms with E-state index >= 15 is 0 Å². The fraction of sp³-hybridized carbons (Fsp3) is 0.518. The standard InChI is InChI=1S/C56H83N15O14S/c1-6-29(2)46(56(85)67-37(18-12-13-23-57)51(80)65-38(19-21-43(59)72)52(81)66-39(20-22-45(74)75)53(82)68-40(47(60)76)24-33-14-8-7-9-15-33)71-44(73)27-62-49(78)31(4)63-50(79)32(5)64-54(83)41(25-34-26-61-36-17-11-10-16-35(34)36)69-55(84)42(28-86)70-48(77)30(3)58/h7-11,14-17,26,29-32,37-42,46,61,86H,6,12-13,18-25,27-28,57-58H2,1-5H3,(H2,59,72)(H2,60,76)(H,62,78)(H,63,79)(H,64,83)(H,65,80)(H,66,81)(H,67,85)(H,68,82)(H,69,84)(H,70,77)(H,71,73)(H,74,75)/t29-,30-,31-,32-,37-,38-,39-,40-,41-,42-,46-/m0/s1. The van der Waals surface area contributed by atoms with Crippen molar-refractivity contribution in [2.45, 2.75) is 159 Å². The molecule has 0 aliphatic heterocycles. The number of carbonyl (C=O) groups excluding carboxylic acids is 12. The van der Waals surface area contributed by atoms with Gasteiger partial charge >= 0.3 is 5.97 Å². The van der Waals surface area contributed by atoms with Crippen LogP contribution in [-0.2, 0) is 75.2 Å². The zero-order valence-electron chi connectivity index (χ0n) is 48.8. The lowest BCUT2D eigenvalue weighted by molar-refractivity contribution is -0.138. The van der Waals surface area contributed by atoms with Crippen molar-refractivity contribution in [2.24, 2.45) is 28.9 Å². The van der Waals surface area contributed by atoms with E-state index in [0.29, 0.717) is 24.0 Å². The van der Waals surface area contributed by atoms with Gasteiger partial charge in [0.1, 0.15) is 54.4 Å². The molecule has 12 amide bonds. The van der Waals surface area contributed by atoms with Crippen LogP contribution >= 0.6 is 12.6 Å². The number of rotatable bonds is 38. The summed E-state index contributed by atoms with van der Waals surface area (Å²) in [6.45, 7) is 6.95. The van der Waals surface area contributed by atoms with Crippen molar-refractivity contribution < 1.29 is 67.4 Å². The number of benzene rings is 2. The lowest BCUT2D eigenvalue weighted by atomic mass is 9.97. The van der Waals surface area contributed by atoms with E-state index in [-0.39, 0.29) is 38.0 Å². The summed E-state index contributed by atoms with van der Waals surface area (Å²) < 4.78 is 0. The molecule has 0 radical (unpaired) electrons. The van der Waals surface area contributed by atoms with Crippen molar-refractivity contribution in [3.05, 3.63) is 71.9 Å². The van der Waals surface area contributed by atoms with Crippen LogP contribution in [0.3, 0.4) is 0 Å². The summed E-state index contributed by atoms with van der Waals surface area (Å²) in [7, 11) is 0. The highest BCUT2D eigenvalue weighted by Crippen LogP contribution is 2.20. The van der Waals surface area contributed by atoms with Crippen molar-refractivity contribution in [3.8, 4) is 0 Å². The van der Waals surface area contributed by atoms with Gasteiger partial charge in [0.2, 0.25) is 70.9 Å². The van der Waals surface area contributed by atoms with Gasteiger partial charge in [-0.05, 0) is 82.5 Å². The van der Waals surface area contributed by atoms with Crippen LogP contribution in [0.15, 0.2) is 60.8 Å². The molecular formula is C56H83N15O14S. The second kappa shape index (κ2) is 36.3. The van der Waals surface area contributed by atoms with Crippen LogP contribution in [0.2, 0.25) is 0 Å². The lowest BCUT2D eigenvalue weighted by Crippen LogP contribution is -2.60. The Morgan fingerprint density at radius 1 is 0.558 bits per heavy atom. The highest BCUT2D eigenvalue weighted by atomic mass is 32.1. The minimum atomic E-state index is -1.60. The molecule has 1 heterocycles. The summed E-state index contributed by atoms with van der Waals surface area (Å²) in [4.78, 5) is 175. The van der Waals surface area contributed by atoms with Gasteiger partial charge in [-0.25, -0.2) is 0 Å². The van der Waals surface area contributed by atoms with Gasteiger partial charge in [-0.15, -0.1) is 0 Å². The molecule has 0 saturated heterocycles. The molecule has 3 aromatic rings. The Morgan fingerprint density at radius 2 is 1.07 bits per heavy atom. The number of H-pyrrole nitrogens is 1. The average Bonchev–Trinajstić information content (AvgIpc) is 4.02. The largest absolute Gasteiger partial charge is 0.481 e. The number of hydrogen-bond donors (Lipinski definition) is 17. The van der Waals surface area contributed by atoms with E-state index in [1.807, 2.05) is 18.2 Å². The maximum Gasteiger partial charge on any atom is 0.303 e. The number of nitrogens with one attached hydrogen (secondary N) is 11. The minimum Gasteiger partial charge on any atom is -0.481 e. The van der Waals surface area contributed by atoms with Gasteiger partial charge in [0.15, 0.2) is 0 Å². The molecule has 1 aromatic heterocycles. The second-order valence-corrected chi connectivity index (χ2v) is 21.2. The number of carboxylic acids is 1. The highest BCUT2D eigenvalue weighted by Gasteiger charge is 2.35. The zero-order valence-corrected chi connectivity index (χ0v) is 49.7. The van der Waals surface area contributed by atoms with Crippen LogP contribution in [-0.4, -0.2) is 166 Å². The van der Waals surface area contributed by atoms with Gasteiger partial charge in [0.25, 0.3) is 0 Å². The van der Waals surface area contributed by atoms with Gasteiger partial charge in [0.05, 0.1) is 12.6 Å². The highest BCUT2D eigenvalue weighted by molar-refractivity contribution is 7.80. The Balaban J connectivity index is 1.71. The van der Waals surface area contributed by atoms with Gasteiger partial charge in [-0.1, -0.05) is 68.8 Å². The fourth-order valence-electron chi connectivity index (χ4n) is 8.53. The van der Waals surface area contributed by atoms with E-state index in [1.165, 1.54) is 20.8 Å². The van der Waals surface area contributed by atoms with Crippen molar-refractivity contribution >= 4 is 100 Å². The number of nitrogens with two attached hydrogens (primary N) is 4. The van der Waals surface area contributed by atoms with Gasteiger partial charge in [0, 0.05) is 48.5 Å². The van der Waals surface area contributed by atoms with E-state index in [9.17, 15) is 67.4 Å². The molecule has 0 unspecified atom stereocenters. The number of hydrogen-bond acceptors (Lipinski definition) is 16. The lowest BCUT2D eigenvalue weighted by Gasteiger charge is -2.28. The molecular weight excluding hydrogens is 1140 g/mol.